The van der Waals surface area contributed by atoms with Crippen molar-refractivity contribution >= 4 is 29.0 Å². The molecule has 7 heteroatoms. The van der Waals surface area contributed by atoms with E-state index >= 15 is 0 Å². The number of rotatable bonds is 4. The number of nitrogens with one attached hydrogen (secondary N) is 2. The van der Waals surface area contributed by atoms with Crippen molar-refractivity contribution in [1.29, 1.82) is 0 Å². The number of esters is 1. The van der Waals surface area contributed by atoms with Gasteiger partial charge in [-0.3, -0.25) is 5.43 Å². The minimum atomic E-state index is -0.374. The average molecular weight is 347 g/mol. The standard InChI is InChI=1S/C17H21N3O3S/c1-11(19-20-17(24)18-10-13-6-4-8-22-13)15-9-12-5-2-3-7-14(12)16(21)23-15/h2-3,5,7,13,15H,4,6,8-10H2,1H3,(H2,18,20,24)/t13-,15-/m1/s1. The van der Waals surface area contributed by atoms with Crippen LogP contribution in [0.2, 0.25) is 0 Å². The van der Waals surface area contributed by atoms with Gasteiger partial charge in [0.25, 0.3) is 0 Å². The minimum absolute atomic E-state index is 0.214. The third-order valence-electron chi connectivity index (χ3n) is 4.21. The summed E-state index contributed by atoms with van der Waals surface area (Å²) in [5.74, 6) is -0.310. The smallest absolute Gasteiger partial charge is 0.339 e. The van der Waals surface area contributed by atoms with Crippen LogP contribution in [0.25, 0.3) is 0 Å². The van der Waals surface area contributed by atoms with Gasteiger partial charge in [0.1, 0.15) is 6.10 Å². The van der Waals surface area contributed by atoms with Crippen molar-refractivity contribution < 1.29 is 14.3 Å². The minimum Gasteiger partial charge on any atom is -0.452 e. The predicted molar refractivity (Wildman–Crippen MR) is 95.2 cm³/mol. The second kappa shape index (κ2) is 7.72. The van der Waals surface area contributed by atoms with E-state index in [0.717, 1.165) is 25.0 Å². The van der Waals surface area contributed by atoms with Crippen LogP contribution in [0.3, 0.4) is 0 Å². The topological polar surface area (TPSA) is 72.0 Å². The highest BCUT2D eigenvalue weighted by atomic mass is 32.1. The molecule has 1 aromatic rings. The van der Waals surface area contributed by atoms with Crippen LogP contribution in [0, 0.1) is 0 Å². The number of hydrogen-bond acceptors (Lipinski definition) is 5. The molecule has 0 spiro atoms. The zero-order chi connectivity index (χ0) is 16.9. The van der Waals surface area contributed by atoms with Gasteiger partial charge in [-0.1, -0.05) is 18.2 Å². The molecule has 0 unspecified atom stereocenters. The summed E-state index contributed by atoms with van der Waals surface area (Å²) in [4.78, 5) is 12.0. The Hall–Kier alpha value is -1.99. The van der Waals surface area contributed by atoms with Gasteiger partial charge in [-0.05, 0) is 43.6 Å². The molecule has 1 aromatic carbocycles. The Balaban J connectivity index is 1.52. The molecule has 0 aliphatic carbocycles. The molecular weight excluding hydrogens is 326 g/mol. The van der Waals surface area contributed by atoms with E-state index in [1.165, 1.54) is 0 Å². The highest BCUT2D eigenvalue weighted by Gasteiger charge is 2.27. The maximum absolute atomic E-state index is 12.0. The van der Waals surface area contributed by atoms with E-state index in [9.17, 15) is 4.79 Å². The number of benzene rings is 1. The van der Waals surface area contributed by atoms with Gasteiger partial charge in [-0.15, -0.1) is 0 Å². The summed E-state index contributed by atoms with van der Waals surface area (Å²) >= 11 is 5.20. The number of hydrogen-bond donors (Lipinski definition) is 2. The molecule has 0 radical (unpaired) electrons. The largest absolute Gasteiger partial charge is 0.452 e. The van der Waals surface area contributed by atoms with Gasteiger partial charge in [0, 0.05) is 19.6 Å². The van der Waals surface area contributed by atoms with Crippen LogP contribution in [0.4, 0.5) is 0 Å². The van der Waals surface area contributed by atoms with E-state index < -0.39 is 0 Å². The number of nitrogens with zero attached hydrogens (tertiary/aromatic N) is 1. The summed E-state index contributed by atoms with van der Waals surface area (Å²) < 4.78 is 11.0. The Morgan fingerprint density at radius 3 is 3.04 bits per heavy atom. The summed E-state index contributed by atoms with van der Waals surface area (Å²) in [5, 5.41) is 7.77. The van der Waals surface area contributed by atoms with Crippen LogP contribution in [-0.2, 0) is 15.9 Å². The van der Waals surface area contributed by atoms with Gasteiger partial charge in [0.2, 0.25) is 0 Å². The zero-order valence-corrected chi connectivity index (χ0v) is 14.4. The Morgan fingerprint density at radius 2 is 2.25 bits per heavy atom. The molecule has 6 nitrogen and oxygen atoms in total. The Kier molecular flexibility index (Phi) is 5.42. The van der Waals surface area contributed by atoms with E-state index in [1.807, 2.05) is 25.1 Å². The van der Waals surface area contributed by atoms with E-state index in [4.69, 9.17) is 21.7 Å². The molecule has 0 bridgehead atoms. The molecular formula is C17H21N3O3S. The van der Waals surface area contributed by atoms with Crippen molar-refractivity contribution in [3.8, 4) is 0 Å². The highest BCUT2D eigenvalue weighted by Crippen LogP contribution is 2.21. The molecule has 2 N–H and O–H groups in total. The van der Waals surface area contributed by atoms with Gasteiger partial charge in [0.15, 0.2) is 5.11 Å². The van der Waals surface area contributed by atoms with E-state index in [2.05, 4.69) is 15.8 Å². The molecule has 2 heterocycles. The first-order valence-electron chi connectivity index (χ1n) is 8.12. The first kappa shape index (κ1) is 16.9. The van der Waals surface area contributed by atoms with Crippen molar-refractivity contribution in [2.24, 2.45) is 5.10 Å². The number of thiocarbonyl (C=S) groups is 1. The molecule has 2 aliphatic heterocycles. The van der Waals surface area contributed by atoms with Crippen LogP contribution in [0.15, 0.2) is 29.4 Å². The third kappa shape index (κ3) is 4.10. The van der Waals surface area contributed by atoms with Crippen LogP contribution >= 0.6 is 12.2 Å². The van der Waals surface area contributed by atoms with E-state index in [1.54, 1.807) is 6.07 Å². The van der Waals surface area contributed by atoms with Crippen LogP contribution in [0.5, 0.6) is 0 Å². The molecule has 128 valence electrons. The Bertz CT molecular complexity index is 656. The van der Waals surface area contributed by atoms with Crippen molar-refractivity contribution in [2.45, 2.75) is 38.4 Å². The van der Waals surface area contributed by atoms with Gasteiger partial charge in [0.05, 0.1) is 17.4 Å². The van der Waals surface area contributed by atoms with Crippen LogP contribution in [0.1, 0.15) is 35.7 Å². The lowest BCUT2D eigenvalue weighted by atomic mass is 9.97. The number of ether oxygens (including phenoxy) is 2. The van der Waals surface area contributed by atoms with Gasteiger partial charge >= 0.3 is 5.97 Å². The van der Waals surface area contributed by atoms with Crippen molar-refractivity contribution in [3.05, 3.63) is 35.4 Å². The number of hydrazone groups is 1. The molecule has 2 atom stereocenters. The molecule has 2 aliphatic rings. The monoisotopic (exact) mass is 347 g/mol. The number of carbonyl (C=O) groups is 1. The fourth-order valence-electron chi connectivity index (χ4n) is 2.83. The summed E-state index contributed by atoms with van der Waals surface area (Å²) in [5.41, 5.74) is 5.09. The molecule has 24 heavy (non-hydrogen) atoms. The molecule has 1 saturated heterocycles. The quantitative estimate of drug-likeness (QED) is 0.374. The lowest BCUT2D eigenvalue weighted by Crippen LogP contribution is -2.39. The van der Waals surface area contributed by atoms with E-state index in [0.29, 0.717) is 29.4 Å². The summed E-state index contributed by atoms with van der Waals surface area (Å²) in [7, 11) is 0. The predicted octanol–water partition coefficient (Wildman–Crippen LogP) is 1.79. The lowest BCUT2D eigenvalue weighted by Gasteiger charge is -2.24. The van der Waals surface area contributed by atoms with Crippen LogP contribution < -0.4 is 10.7 Å². The van der Waals surface area contributed by atoms with Gasteiger partial charge in [-0.25, -0.2) is 4.79 Å². The number of carbonyl (C=O) groups excluding carboxylic acids is 1. The molecule has 0 amide bonds. The zero-order valence-electron chi connectivity index (χ0n) is 13.6. The Morgan fingerprint density at radius 1 is 1.42 bits per heavy atom. The normalized spacial score (nSPS) is 23.4. The highest BCUT2D eigenvalue weighted by molar-refractivity contribution is 7.80. The first-order chi connectivity index (χ1) is 11.6. The van der Waals surface area contributed by atoms with Crippen molar-refractivity contribution in [2.75, 3.05) is 13.2 Å². The third-order valence-corrected chi connectivity index (χ3v) is 4.44. The average Bonchev–Trinajstić information content (AvgIpc) is 3.11. The number of fused-ring (bicyclic) bond motifs is 1. The summed E-state index contributed by atoms with van der Waals surface area (Å²) in [6, 6.07) is 7.48. The van der Waals surface area contributed by atoms with Crippen LogP contribution in [-0.4, -0.2) is 42.2 Å². The maximum Gasteiger partial charge on any atom is 0.339 e. The second-order valence-corrected chi connectivity index (χ2v) is 6.37. The number of cyclic esters (lactones) is 1. The molecule has 0 saturated carbocycles. The fourth-order valence-corrected chi connectivity index (χ4v) is 2.96. The summed E-state index contributed by atoms with van der Waals surface area (Å²) in [6.45, 7) is 3.31. The van der Waals surface area contributed by atoms with Crippen molar-refractivity contribution in [1.82, 2.24) is 10.7 Å². The Labute approximate surface area is 146 Å². The van der Waals surface area contributed by atoms with Gasteiger partial charge in [-0.2, -0.15) is 5.10 Å². The molecule has 0 aromatic heterocycles. The molecule has 3 rings (SSSR count). The first-order valence-corrected chi connectivity index (χ1v) is 8.53. The fraction of sp³-hybridized carbons (Fsp3) is 0.471. The van der Waals surface area contributed by atoms with Crippen molar-refractivity contribution in [3.63, 3.8) is 0 Å². The SMILES string of the molecule is CC(=NNC(=S)NC[C@H]1CCCO1)[C@H]1Cc2ccccc2C(=O)O1. The summed E-state index contributed by atoms with van der Waals surface area (Å²) in [6.07, 6.45) is 2.61. The lowest BCUT2D eigenvalue weighted by molar-refractivity contribution is 0.0389. The van der Waals surface area contributed by atoms with Gasteiger partial charge < -0.3 is 14.8 Å². The molecule has 1 fully saturated rings. The second-order valence-electron chi connectivity index (χ2n) is 5.97. The maximum atomic E-state index is 12.0. The van der Waals surface area contributed by atoms with E-state index in [-0.39, 0.29) is 18.2 Å².